The number of hydrogen-bond donors (Lipinski definition) is 2. The zero-order chi connectivity index (χ0) is 7.28. The fraction of sp³-hybridized carbons (Fsp3) is 0.857. The third-order valence-electron chi connectivity index (χ3n) is 2.19. The van der Waals surface area contributed by atoms with Gasteiger partial charge in [-0.25, -0.2) is 0 Å². The number of nitrogens with two attached hydrogens (primary N) is 1. The van der Waals surface area contributed by atoms with Crippen molar-refractivity contribution in [2.45, 2.75) is 33.2 Å². The smallest absolute Gasteiger partial charge is 0.324 e. The van der Waals surface area contributed by atoms with Crippen molar-refractivity contribution in [3.63, 3.8) is 0 Å². The normalized spacial score (nSPS) is 34.3. The quantitative estimate of drug-likeness (QED) is 0.574. The number of carbonyl (C=O) groups is 1. The number of rotatable bonds is 1. The van der Waals surface area contributed by atoms with Crippen molar-refractivity contribution in [3.8, 4) is 0 Å². The second-order valence-electron chi connectivity index (χ2n) is 3.34. The summed E-state index contributed by atoms with van der Waals surface area (Å²) in [5, 5.41) is 8.52. The molecule has 3 heteroatoms. The summed E-state index contributed by atoms with van der Waals surface area (Å²) < 4.78 is 0. The standard InChI is InChI=1S/C6H11NO2.CH4/c1-5(2)3-6(5,7)4(8)9;/h3,7H2,1-2H3,(H,8,9);1H4/t6-;/m1./s1. The van der Waals surface area contributed by atoms with Crippen LogP contribution in [0.15, 0.2) is 0 Å². The summed E-state index contributed by atoms with van der Waals surface area (Å²) in [4.78, 5) is 10.4. The zero-order valence-corrected chi connectivity index (χ0v) is 5.64. The van der Waals surface area contributed by atoms with E-state index in [1.165, 1.54) is 0 Å². The lowest BCUT2D eigenvalue weighted by atomic mass is 10.1. The van der Waals surface area contributed by atoms with Crippen LogP contribution in [0.5, 0.6) is 0 Å². The molecule has 1 rings (SSSR count). The van der Waals surface area contributed by atoms with Gasteiger partial charge in [0, 0.05) is 0 Å². The first-order valence-corrected chi connectivity index (χ1v) is 2.92. The Morgan fingerprint density at radius 3 is 1.90 bits per heavy atom. The van der Waals surface area contributed by atoms with E-state index < -0.39 is 11.5 Å². The van der Waals surface area contributed by atoms with Gasteiger partial charge in [0.05, 0.1) is 0 Å². The molecule has 0 amide bonds. The van der Waals surface area contributed by atoms with E-state index in [9.17, 15) is 4.79 Å². The van der Waals surface area contributed by atoms with Crippen LogP contribution in [0.1, 0.15) is 27.7 Å². The summed E-state index contributed by atoms with van der Waals surface area (Å²) in [6.07, 6.45) is 0.593. The van der Waals surface area contributed by atoms with Crippen LogP contribution >= 0.6 is 0 Å². The Bertz CT molecular complexity index is 165. The Balaban J connectivity index is 0.000000810. The highest BCUT2D eigenvalue weighted by atomic mass is 16.4. The summed E-state index contributed by atoms with van der Waals surface area (Å²) in [5.41, 5.74) is 4.33. The number of hydrogen-bond acceptors (Lipinski definition) is 2. The monoisotopic (exact) mass is 145 g/mol. The third kappa shape index (κ3) is 0.904. The van der Waals surface area contributed by atoms with E-state index in [-0.39, 0.29) is 12.8 Å². The van der Waals surface area contributed by atoms with Crippen molar-refractivity contribution < 1.29 is 9.90 Å². The van der Waals surface area contributed by atoms with Crippen molar-refractivity contribution >= 4 is 5.97 Å². The summed E-state index contributed by atoms with van der Waals surface area (Å²) in [6, 6.07) is 0. The predicted molar refractivity (Wildman–Crippen MR) is 39.7 cm³/mol. The van der Waals surface area contributed by atoms with Crippen molar-refractivity contribution in [1.29, 1.82) is 0 Å². The fourth-order valence-corrected chi connectivity index (χ4v) is 1.02. The molecule has 3 N–H and O–H groups in total. The summed E-state index contributed by atoms with van der Waals surface area (Å²) >= 11 is 0. The molecule has 1 aliphatic carbocycles. The molecular formula is C7H15NO2. The maximum absolute atomic E-state index is 10.4. The molecule has 0 aliphatic heterocycles. The topological polar surface area (TPSA) is 63.3 Å². The molecule has 0 aromatic carbocycles. The van der Waals surface area contributed by atoms with Crippen LogP contribution in [0.2, 0.25) is 0 Å². The minimum absolute atomic E-state index is 0. The molecule has 0 radical (unpaired) electrons. The van der Waals surface area contributed by atoms with Gasteiger partial charge in [0.15, 0.2) is 0 Å². The second-order valence-corrected chi connectivity index (χ2v) is 3.34. The Morgan fingerprint density at radius 1 is 1.60 bits per heavy atom. The van der Waals surface area contributed by atoms with E-state index in [1.807, 2.05) is 13.8 Å². The first kappa shape index (κ1) is 9.43. The average molecular weight is 145 g/mol. The lowest BCUT2D eigenvalue weighted by Crippen LogP contribution is -2.37. The van der Waals surface area contributed by atoms with Crippen LogP contribution in [-0.2, 0) is 4.79 Å². The van der Waals surface area contributed by atoms with Crippen molar-refractivity contribution in [2.24, 2.45) is 11.1 Å². The summed E-state index contributed by atoms with van der Waals surface area (Å²) in [5.74, 6) is -0.882. The molecule has 0 aromatic rings. The Hall–Kier alpha value is -0.570. The van der Waals surface area contributed by atoms with Crippen molar-refractivity contribution in [3.05, 3.63) is 0 Å². The van der Waals surface area contributed by atoms with Gasteiger partial charge in [-0.2, -0.15) is 0 Å². The van der Waals surface area contributed by atoms with E-state index in [4.69, 9.17) is 10.8 Å². The Labute approximate surface area is 61.2 Å². The first-order chi connectivity index (χ1) is 3.90. The Kier molecular flexibility index (Phi) is 1.84. The number of carboxylic acid groups (broad SMARTS) is 1. The number of carboxylic acids is 1. The van der Waals surface area contributed by atoms with Crippen molar-refractivity contribution in [1.82, 2.24) is 0 Å². The lowest BCUT2D eigenvalue weighted by Gasteiger charge is -2.07. The molecule has 1 saturated carbocycles. The van der Waals surface area contributed by atoms with Crippen LogP contribution in [0.25, 0.3) is 0 Å². The molecule has 3 nitrogen and oxygen atoms in total. The van der Waals surface area contributed by atoms with E-state index >= 15 is 0 Å². The van der Waals surface area contributed by atoms with E-state index in [0.717, 1.165) is 0 Å². The SMILES string of the molecule is C.CC1(C)C[C@@]1(N)C(=O)O. The highest BCUT2D eigenvalue weighted by molar-refractivity contribution is 5.84. The van der Waals surface area contributed by atoms with Gasteiger partial charge in [0.1, 0.15) is 5.54 Å². The summed E-state index contributed by atoms with van der Waals surface area (Å²) in [6.45, 7) is 3.72. The van der Waals surface area contributed by atoms with Gasteiger partial charge in [-0.1, -0.05) is 21.3 Å². The molecule has 0 heterocycles. The average Bonchev–Trinajstić information content (AvgIpc) is 2.08. The van der Waals surface area contributed by atoms with Crippen molar-refractivity contribution in [2.75, 3.05) is 0 Å². The minimum atomic E-state index is -0.938. The Morgan fingerprint density at radius 2 is 1.90 bits per heavy atom. The van der Waals surface area contributed by atoms with Gasteiger partial charge >= 0.3 is 5.97 Å². The molecule has 60 valence electrons. The van der Waals surface area contributed by atoms with Crippen LogP contribution in [0.4, 0.5) is 0 Å². The molecule has 0 saturated heterocycles. The molecule has 1 atom stereocenters. The molecule has 10 heavy (non-hydrogen) atoms. The molecule has 0 spiro atoms. The highest BCUT2D eigenvalue weighted by Gasteiger charge is 2.64. The van der Waals surface area contributed by atoms with Gasteiger partial charge in [-0.3, -0.25) is 4.79 Å². The van der Waals surface area contributed by atoms with Gasteiger partial charge in [-0.05, 0) is 11.8 Å². The second kappa shape index (κ2) is 1.95. The first-order valence-electron chi connectivity index (χ1n) is 2.92. The summed E-state index contributed by atoms with van der Waals surface area (Å²) in [7, 11) is 0. The minimum Gasteiger partial charge on any atom is -0.480 e. The molecule has 0 bridgehead atoms. The van der Waals surface area contributed by atoms with Gasteiger partial charge in [0.25, 0.3) is 0 Å². The zero-order valence-electron chi connectivity index (χ0n) is 5.64. The van der Waals surface area contributed by atoms with Gasteiger partial charge in [-0.15, -0.1) is 0 Å². The molecule has 1 fully saturated rings. The van der Waals surface area contributed by atoms with Crippen LogP contribution in [0, 0.1) is 5.41 Å². The van der Waals surface area contributed by atoms with Crippen LogP contribution in [0.3, 0.4) is 0 Å². The molecule has 0 aromatic heterocycles. The van der Waals surface area contributed by atoms with E-state index in [0.29, 0.717) is 6.42 Å². The largest absolute Gasteiger partial charge is 0.480 e. The van der Waals surface area contributed by atoms with Crippen LogP contribution in [-0.4, -0.2) is 16.6 Å². The molecule has 0 unspecified atom stereocenters. The highest BCUT2D eigenvalue weighted by Crippen LogP contribution is 2.53. The number of aliphatic carboxylic acids is 1. The van der Waals surface area contributed by atoms with Gasteiger partial charge in [0.2, 0.25) is 0 Å². The molecular weight excluding hydrogens is 130 g/mol. The maximum atomic E-state index is 10.4. The maximum Gasteiger partial charge on any atom is 0.324 e. The lowest BCUT2D eigenvalue weighted by molar-refractivity contribution is -0.140. The fourth-order valence-electron chi connectivity index (χ4n) is 1.02. The third-order valence-corrected chi connectivity index (χ3v) is 2.19. The van der Waals surface area contributed by atoms with E-state index in [2.05, 4.69) is 0 Å². The van der Waals surface area contributed by atoms with Gasteiger partial charge < -0.3 is 10.8 Å². The predicted octanol–water partition coefficient (Wildman–Crippen LogP) is 0.834. The van der Waals surface area contributed by atoms with E-state index in [1.54, 1.807) is 0 Å². The van der Waals surface area contributed by atoms with Crippen LogP contribution < -0.4 is 5.73 Å². The molecule has 1 aliphatic rings.